The van der Waals surface area contributed by atoms with Gasteiger partial charge in [-0.15, -0.1) is 0 Å². The van der Waals surface area contributed by atoms with Crippen molar-refractivity contribution in [3.63, 3.8) is 0 Å². The van der Waals surface area contributed by atoms with Gasteiger partial charge in [-0.25, -0.2) is 0 Å². The lowest BCUT2D eigenvalue weighted by molar-refractivity contribution is 0.457. The number of nitrogens with one attached hydrogen (secondary N) is 1. The van der Waals surface area contributed by atoms with Gasteiger partial charge in [0.1, 0.15) is 5.82 Å². The first kappa shape index (κ1) is 32.3. The Bertz CT molecular complexity index is 2940. The minimum atomic E-state index is -0.384. The first-order valence-electron chi connectivity index (χ1n) is 20.1. The summed E-state index contributed by atoms with van der Waals surface area (Å²) in [5, 5.41) is 6.13. The van der Waals surface area contributed by atoms with Crippen molar-refractivity contribution in [1.29, 1.82) is 0 Å². The van der Waals surface area contributed by atoms with E-state index in [4.69, 9.17) is 4.98 Å². The summed E-state index contributed by atoms with van der Waals surface area (Å²) in [4.78, 5) is 12.2. The van der Waals surface area contributed by atoms with Gasteiger partial charge < -0.3 is 14.8 Å². The van der Waals surface area contributed by atoms with Gasteiger partial charge in [-0.1, -0.05) is 134 Å². The van der Waals surface area contributed by atoms with E-state index in [0.717, 1.165) is 24.3 Å². The third-order valence-electron chi connectivity index (χ3n) is 12.9. The Morgan fingerprint density at radius 1 is 0.684 bits per heavy atom. The van der Waals surface area contributed by atoms with Gasteiger partial charge >= 0.3 is 0 Å². The average molecular weight is 734 g/mol. The Balaban J connectivity index is 0.996. The molecular weight excluding hydrogens is 695 g/mol. The number of allylic oxidation sites excluding steroid dienone is 5. The summed E-state index contributed by atoms with van der Waals surface area (Å²) in [6.45, 7) is 0.835. The molecule has 5 heteroatoms. The second kappa shape index (κ2) is 12.5. The van der Waals surface area contributed by atoms with E-state index < -0.39 is 0 Å². The maximum Gasteiger partial charge on any atom is 0.111 e. The largest absolute Gasteiger partial charge is 0.368 e. The molecule has 0 bridgehead atoms. The summed E-state index contributed by atoms with van der Waals surface area (Å²) in [5.74, 6) is 1.73. The van der Waals surface area contributed by atoms with Gasteiger partial charge in [-0.3, -0.25) is 9.98 Å². The second-order valence-corrected chi connectivity index (χ2v) is 15.7. The fraction of sp³-hybridized carbons (Fsp3) is 0.115. The van der Waals surface area contributed by atoms with Crippen LogP contribution in [0.25, 0.3) is 49.9 Å². The molecule has 0 fully saturated rings. The Labute approximate surface area is 332 Å². The highest BCUT2D eigenvalue weighted by Crippen LogP contribution is 2.59. The van der Waals surface area contributed by atoms with Crippen molar-refractivity contribution >= 4 is 33.7 Å². The van der Waals surface area contributed by atoms with Crippen molar-refractivity contribution in [2.24, 2.45) is 16.8 Å². The van der Waals surface area contributed by atoms with E-state index >= 15 is 0 Å². The van der Waals surface area contributed by atoms with Crippen molar-refractivity contribution in [3.05, 3.63) is 210 Å². The second-order valence-electron chi connectivity index (χ2n) is 15.7. The number of fused-ring (bicyclic) bond motifs is 9. The number of nitrogens with zero attached hydrogens (tertiary/aromatic N) is 4. The van der Waals surface area contributed by atoms with Crippen LogP contribution in [0.4, 0.5) is 5.69 Å². The van der Waals surface area contributed by atoms with Crippen molar-refractivity contribution in [2.45, 2.75) is 17.9 Å². The summed E-state index contributed by atoms with van der Waals surface area (Å²) >= 11 is 0. The molecule has 2 aromatic heterocycles. The number of aromatic nitrogens is 2. The molecule has 0 saturated heterocycles. The van der Waals surface area contributed by atoms with Gasteiger partial charge in [-0.05, 0) is 76.6 Å². The number of dihydropyridines is 1. The molecule has 0 spiro atoms. The lowest BCUT2D eigenvalue weighted by atomic mass is 9.62. The predicted octanol–water partition coefficient (Wildman–Crippen LogP) is 11.1. The van der Waals surface area contributed by atoms with E-state index in [0.29, 0.717) is 5.92 Å². The monoisotopic (exact) mass is 733 g/mol. The minimum absolute atomic E-state index is 0.170. The third kappa shape index (κ3) is 4.57. The molecule has 3 aliphatic heterocycles. The molecule has 7 aromatic rings. The van der Waals surface area contributed by atoms with Crippen LogP contribution in [0.5, 0.6) is 0 Å². The molecule has 4 unspecified atom stereocenters. The lowest BCUT2D eigenvalue weighted by Gasteiger charge is -2.39. The molecule has 57 heavy (non-hydrogen) atoms. The van der Waals surface area contributed by atoms with Gasteiger partial charge in [0.05, 0.1) is 28.2 Å². The zero-order valence-corrected chi connectivity index (χ0v) is 31.3. The van der Waals surface area contributed by atoms with Gasteiger partial charge in [0, 0.05) is 64.4 Å². The fourth-order valence-corrected chi connectivity index (χ4v) is 10.6. The average Bonchev–Trinajstić information content (AvgIpc) is 3.92. The molecule has 272 valence electrons. The topological polar surface area (TPSA) is 45.5 Å². The number of pyridine rings is 1. The molecule has 5 nitrogen and oxygen atoms in total. The summed E-state index contributed by atoms with van der Waals surface area (Å²) in [6, 6.07) is 47.4. The molecule has 1 N–H and O–H groups in total. The minimum Gasteiger partial charge on any atom is -0.368 e. The number of anilines is 1. The third-order valence-corrected chi connectivity index (χ3v) is 12.9. The van der Waals surface area contributed by atoms with E-state index in [2.05, 4.69) is 196 Å². The van der Waals surface area contributed by atoms with Crippen LogP contribution in [-0.4, -0.2) is 28.4 Å². The van der Waals surface area contributed by atoms with E-state index in [1.165, 1.54) is 72.3 Å². The van der Waals surface area contributed by atoms with Crippen LogP contribution in [0, 0.1) is 11.8 Å². The van der Waals surface area contributed by atoms with Gasteiger partial charge in [0.25, 0.3) is 0 Å². The molecule has 4 atom stereocenters. The van der Waals surface area contributed by atoms with Crippen molar-refractivity contribution in [1.82, 2.24) is 14.9 Å². The van der Waals surface area contributed by atoms with E-state index in [1.807, 2.05) is 12.4 Å². The summed E-state index contributed by atoms with van der Waals surface area (Å²) in [7, 11) is 0. The van der Waals surface area contributed by atoms with Crippen LogP contribution < -0.4 is 10.2 Å². The highest BCUT2D eigenvalue weighted by atomic mass is 15.3. The smallest absolute Gasteiger partial charge is 0.111 e. The number of hydrogen-bond acceptors (Lipinski definition) is 4. The molecule has 5 aromatic carbocycles. The van der Waals surface area contributed by atoms with Gasteiger partial charge in [-0.2, -0.15) is 0 Å². The first-order chi connectivity index (χ1) is 28.3. The van der Waals surface area contributed by atoms with Crippen LogP contribution >= 0.6 is 0 Å². The van der Waals surface area contributed by atoms with Crippen LogP contribution in [0.2, 0.25) is 0 Å². The van der Waals surface area contributed by atoms with Crippen LogP contribution in [0.15, 0.2) is 199 Å². The van der Waals surface area contributed by atoms with Gasteiger partial charge in [0.2, 0.25) is 0 Å². The number of hydrogen-bond donors (Lipinski definition) is 1. The highest BCUT2D eigenvalue weighted by Gasteiger charge is 2.51. The van der Waals surface area contributed by atoms with E-state index in [-0.39, 0.29) is 17.4 Å². The lowest BCUT2D eigenvalue weighted by Crippen LogP contribution is -2.39. The van der Waals surface area contributed by atoms with Crippen LogP contribution in [0.1, 0.15) is 23.1 Å². The molecule has 0 saturated carbocycles. The quantitative estimate of drug-likeness (QED) is 0.192. The molecule has 0 radical (unpaired) electrons. The van der Waals surface area contributed by atoms with Crippen molar-refractivity contribution in [3.8, 4) is 28.1 Å². The van der Waals surface area contributed by atoms with Gasteiger partial charge in [0.15, 0.2) is 0 Å². The molecule has 2 aliphatic carbocycles. The zero-order valence-electron chi connectivity index (χ0n) is 31.3. The number of benzene rings is 5. The predicted molar refractivity (Wildman–Crippen MR) is 234 cm³/mol. The summed E-state index contributed by atoms with van der Waals surface area (Å²) in [5.41, 5.74) is 14.2. The van der Waals surface area contributed by atoms with Crippen LogP contribution in [0.3, 0.4) is 0 Å². The molecule has 12 rings (SSSR count). The van der Waals surface area contributed by atoms with Crippen LogP contribution in [-0.2, 0) is 5.41 Å². The zero-order chi connectivity index (χ0) is 37.5. The Morgan fingerprint density at radius 3 is 2.32 bits per heavy atom. The maximum atomic E-state index is 5.23. The van der Waals surface area contributed by atoms with E-state index in [9.17, 15) is 0 Å². The van der Waals surface area contributed by atoms with Crippen molar-refractivity contribution < 1.29 is 0 Å². The highest BCUT2D eigenvalue weighted by molar-refractivity contribution is 6.15. The number of para-hydroxylation sites is 1. The fourth-order valence-electron chi connectivity index (χ4n) is 10.6. The van der Waals surface area contributed by atoms with E-state index in [1.54, 1.807) is 0 Å². The Hall–Kier alpha value is -6.98. The molecular formula is C52H39N5. The standard InChI is InChI=1S/C52H39N5/c1-3-11-36(12-4-1)52(37-13-5-2-6-14-37)44-28-27-42-40-15-7-8-18-46(40)56(50(42)48(44)49-45(52)17-10-30-54-49)38-23-19-34(20-24-38)35-21-25-39(26-22-35)57-47-33-53-32-29-41(47)43-16-9-31-55-51(43)57/h1-13,15-30,32-33,37,41,47,55H,14,31H2. The summed E-state index contributed by atoms with van der Waals surface area (Å²) in [6.07, 6.45) is 22.8. The number of rotatable bonds is 5. The van der Waals surface area contributed by atoms with Crippen molar-refractivity contribution in [2.75, 3.05) is 11.4 Å². The Kier molecular flexibility index (Phi) is 7.09. The SMILES string of the molecule is C1=CCC(C2(c3ccccc3)c3cccnc3-c3c2ccc2c4ccccc4n(-c4ccc(-c5ccc(N6C7=C(C=CCN7)C7C=CN=CC76)cc5)cc4)c32)C=C1. The molecule has 5 aliphatic rings. The number of aliphatic imine (C=N–C) groups is 1. The molecule has 0 amide bonds. The first-order valence-corrected chi connectivity index (χ1v) is 20.1. The molecule has 5 heterocycles. The Morgan fingerprint density at radius 2 is 1.49 bits per heavy atom. The maximum absolute atomic E-state index is 5.23. The summed E-state index contributed by atoms with van der Waals surface area (Å²) < 4.78 is 2.48. The normalized spacial score (nSPS) is 22.5.